The topological polar surface area (TPSA) is 95.9 Å². The summed E-state index contributed by atoms with van der Waals surface area (Å²) >= 11 is 5.83. The molecule has 1 amide bonds. The molecule has 0 bridgehead atoms. The number of pyridine rings is 2. The standard InChI is InChI=1S/C31H29ClN6O2/c1-37(2)19-22-7-11-24(12-8-22)29-25-13-9-21(17-27(25)35-36-29)5-3-15-33-30(39)26-6-4-16-38(31(26)40)20-23-10-14-28(32)34-18-23/h3-14,16-18H,15,19-20H2,1-2H3,(H,33,39)(H,35,36)/b5-3+. The average Bonchev–Trinajstić information content (AvgIpc) is 3.37. The van der Waals surface area contributed by atoms with Crippen molar-refractivity contribution >= 4 is 34.5 Å². The van der Waals surface area contributed by atoms with Crippen LogP contribution in [-0.4, -0.2) is 51.2 Å². The number of benzene rings is 2. The average molecular weight is 553 g/mol. The van der Waals surface area contributed by atoms with Crippen molar-refractivity contribution in [2.24, 2.45) is 0 Å². The molecule has 5 rings (SSSR count). The van der Waals surface area contributed by atoms with Crippen LogP contribution in [0.2, 0.25) is 5.15 Å². The quantitative estimate of drug-likeness (QED) is 0.251. The van der Waals surface area contributed by atoms with E-state index in [-0.39, 0.29) is 17.7 Å². The van der Waals surface area contributed by atoms with E-state index in [2.05, 4.69) is 63.8 Å². The van der Waals surface area contributed by atoms with E-state index in [1.54, 1.807) is 30.6 Å². The number of amides is 1. The summed E-state index contributed by atoms with van der Waals surface area (Å²) in [5.41, 5.74) is 5.65. The molecule has 2 N–H and O–H groups in total. The molecule has 40 heavy (non-hydrogen) atoms. The molecule has 3 heterocycles. The lowest BCUT2D eigenvalue weighted by atomic mass is 10.0. The Morgan fingerprint density at radius 3 is 2.62 bits per heavy atom. The SMILES string of the molecule is CN(C)Cc1ccc(-c2n[nH]c3cc(/C=C/CNC(=O)c4cccn(Cc5ccc(Cl)nc5)c4=O)ccc23)cc1. The third-order valence-electron chi connectivity index (χ3n) is 6.41. The van der Waals surface area contributed by atoms with Crippen molar-refractivity contribution in [1.29, 1.82) is 0 Å². The van der Waals surface area contributed by atoms with Gasteiger partial charge >= 0.3 is 0 Å². The number of rotatable bonds is 9. The van der Waals surface area contributed by atoms with Crippen LogP contribution >= 0.6 is 11.6 Å². The molecule has 0 atom stereocenters. The molecular weight excluding hydrogens is 524 g/mol. The van der Waals surface area contributed by atoms with Gasteiger partial charge in [0.05, 0.1) is 17.8 Å². The van der Waals surface area contributed by atoms with Crippen molar-refractivity contribution in [2.75, 3.05) is 20.6 Å². The zero-order valence-electron chi connectivity index (χ0n) is 22.3. The molecule has 0 aliphatic heterocycles. The number of nitrogens with zero attached hydrogens (tertiary/aromatic N) is 4. The Kier molecular flexibility index (Phi) is 8.19. The van der Waals surface area contributed by atoms with E-state index < -0.39 is 5.91 Å². The summed E-state index contributed by atoms with van der Waals surface area (Å²) in [6, 6.07) is 21.2. The van der Waals surface area contributed by atoms with E-state index in [0.29, 0.717) is 11.7 Å². The summed E-state index contributed by atoms with van der Waals surface area (Å²) < 4.78 is 1.47. The first-order valence-corrected chi connectivity index (χ1v) is 13.2. The Hall–Kier alpha value is -4.53. The molecule has 0 spiro atoms. The fourth-order valence-electron chi connectivity index (χ4n) is 4.47. The van der Waals surface area contributed by atoms with Crippen LogP contribution in [0.15, 0.2) is 90.0 Å². The van der Waals surface area contributed by atoms with Gasteiger partial charge in [-0.05, 0) is 61.1 Å². The normalized spacial score (nSPS) is 11.5. The van der Waals surface area contributed by atoms with Crippen molar-refractivity contribution in [3.8, 4) is 11.3 Å². The monoisotopic (exact) mass is 552 g/mol. The first kappa shape index (κ1) is 27.1. The maximum Gasteiger partial charge on any atom is 0.263 e. The first-order chi connectivity index (χ1) is 19.4. The van der Waals surface area contributed by atoms with Gasteiger partial charge in [-0.25, -0.2) is 4.98 Å². The van der Waals surface area contributed by atoms with E-state index in [9.17, 15) is 9.59 Å². The van der Waals surface area contributed by atoms with Gasteiger partial charge in [0.15, 0.2) is 0 Å². The van der Waals surface area contributed by atoms with E-state index in [1.807, 2.05) is 30.4 Å². The molecule has 0 fully saturated rings. The van der Waals surface area contributed by atoms with Gasteiger partial charge in [-0.3, -0.25) is 14.7 Å². The number of carbonyl (C=O) groups is 1. The van der Waals surface area contributed by atoms with Crippen molar-refractivity contribution in [3.63, 3.8) is 0 Å². The summed E-state index contributed by atoms with van der Waals surface area (Å²) in [7, 11) is 4.11. The van der Waals surface area contributed by atoms with Crippen molar-refractivity contribution in [2.45, 2.75) is 13.1 Å². The highest BCUT2D eigenvalue weighted by molar-refractivity contribution is 6.29. The highest BCUT2D eigenvalue weighted by Crippen LogP contribution is 2.27. The molecule has 0 saturated heterocycles. The highest BCUT2D eigenvalue weighted by atomic mass is 35.5. The Morgan fingerprint density at radius 2 is 1.88 bits per heavy atom. The van der Waals surface area contributed by atoms with E-state index >= 15 is 0 Å². The molecule has 0 radical (unpaired) electrons. The number of carbonyl (C=O) groups excluding carboxylic acids is 1. The Morgan fingerprint density at radius 1 is 1.07 bits per heavy atom. The fraction of sp³-hybridized carbons (Fsp3) is 0.161. The number of hydrogen-bond donors (Lipinski definition) is 2. The summed E-state index contributed by atoms with van der Waals surface area (Å²) in [6.45, 7) is 1.47. The van der Waals surface area contributed by atoms with Crippen LogP contribution in [0, 0.1) is 0 Å². The fourth-order valence-corrected chi connectivity index (χ4v) is 4.58. The molecule has 0 unspecified atom stereocenters. The van der Waals surface area contributed by atoms with Gasteiger partial charge < -0.3 is 14.8 Å². The number of hydrogen-bond acceptors (Lipinski definition) is 5. The van der Waals surface area contributed by atoms with Crippen molar-refractivity contribution in [3.05, 3.63) is 123 Å². The van der Waals surface area contributed by atoms with Gasteiger partial charge in [0, 0.05) is 36.4 Å². The molecular formula is C31H29ClN6O2. The minimum atomic E-state index is -0.427. The lowest BCUT2D eigenvalue weighted by Gasteiger charge is -2.09. The number of aromatic nitrogens is 4. The third kappa shape index (κ3) is 6.36. The number of halogens is 1. The Balaban J connectivity index is 1.21. The minimum absolute atomic E-state index is 0.0824. The number of fused-ring (bicyclic) bond motifs is 1. The second-order valence-electron chi connectivity index (χ2n) is 9.77. The second kappa shape index (κ2) is 12.1. The van der Waals surface area contributed by atoms with Crippen molar-refractivity contribution in [1.82, 2.24) is 30.0 Å². The zero-order chi connectivity index (χ0) is 28.1. The summed E-state index contributed by atoms with van der Waals surface area (Å²) in [4.78, 5) is 31.7. The summed E-state index contributed by atoms with van der Waals surface area (Å²) in [5, 5.41) is 11.9. The Bertz CT molecular complexity index is 1720. The first-order valence-electron chi connectivity index (χ1n) is 12.8. The van der Waals surface area contributed by atoms with Gasteiger partial charge in [-0.15, -0.1) is 0 Å². The zero-order valence-corrected chi connectivity index (χ0v) is 23.0. The maximum atomic E-state index is 12.9. The second-order valence-corrected chi connectivity index (χ2v) is 10.2. The van der Waals surface area contributed by atoms with Gasteiger partial charge in [0.1, 0.15) is 10.7 Å². The Labute approximate surface area is 236 Å². The van der Waals surface area contributed by atoms with Gasteiger partial charge in [0.25, 0.3) is 11.5 Å². The largest absolute Gasteiger partial charge is 0.348 e. The molecule has 9 heteroatoms. The van der Waals surface area contributed by atoms with Gasteiger partial charge in [-0.1, -0.05) is 60.2 Å². The van der Waals surface area contributed by atoms with Gasteiger partial charge in [-0.2, -0.15) is 5.10 Å². The molecule has 3 aromatic heterocycles. The number of nitrogens with one attached hydrogen (secondary N) is 2. The summed E-state index contributed by atoms with van der Waals surface area (Å²) in [6.07, 6.45) is 7.02. The van der Waals surface area contributed by atoms with Crippen LogP contribution in [0.3, 0.4) is 0 Å². The molecule has 0 saturated carbocycles. The molecule has 8 nitrogen and oxygen atoms in total. The van der Waals surface area contributed by atoms with Crippen LogP contribution in [0.4, 0.5) is 0 Å². The minimum Gasteiger partial charge on any atom is -0.348 e. The lowest BCUT2D eigenvalue weighted by Crippen LogP contribution is -2.33. The van der Waals surface area contributed by atoms with Crippen LogP contribution < -0.4 is 10.9 Å². The predicted octanol–water partition coefficient (Wildman–Crippen LogP) is 4.99. The lowest BCUT2D eigenvalue weighted by molar-refractivity contribution is 0.0956. The molecule has 202 valence electrons. The van der Waals surface area contributed by atoms with E-state index in [0.717, 1.165) is 39.8 Å². The summed E-state index contributed by atoms with van der Waals surface area (Å²) in [5.74, 6) is -0.427. The number of aromatic amines is 1. The molecule has 0 aliphatic rings. The highest BCUT2D eigenvalue weighted by Gasteiger charge is 2.12. The van der Waals surface area contributed by atoms with Crippen molar-refractivity contribution < 1.29 is 4.79 Å². The van der Waals surface area contributed by atoms with Crippen LogP contribution in [0.1, 0.15) is 27.0 Å². The molecule has 2 aromatic carbocycles. The smallest absolute Gasteiger partial charge is 0.263 e. The van der Waals surface area contributed by atoms with E-state index in [1.165, 1.54) is 16.2 Å². The third-order valence-corrected chi connectivity index (χ3v) is 6.63. The number of H-pyrrole nitrogens is 1. The van der Waals surface area contributed by atoms with E-state index in [4.69, 9.17) is 11.6 Å². The molecule has 0 aliphatic carbocycles. The predicted molar refractivity (Wildman–Crippen MR) is 159 cm³/mol. The van der Waals surface area contributed by atoms with Crippen LogP contribution in [-0.2, 0) is 13.1 Å². The molecule has 5 aromatic rings. The van der Waals surface area contributed by atoms with Gasteiger partial charge in [0.2, 0.25) is 0 Å². The maximum absolute atomic E-state index is 12.9. The van der Waals surface area contributed by atoms with Crippen LogP contribution in [0.5, 0.6) is 0 Å². The van der Waals surface area contributed by atoms with Crippen LogP contribution in [0.25, 0.3) is 28.2 Å².